The molecule has 10 heteroatoms. The number of sulfonamides is 1. The number of nitrogens with zero attached hydrogens (tertiary/aromatic N) is 5. The third kappa shape index (κ3) is 4.61. The average molecular weight is 526 g/mol. The van der Waals surface area contributed by atoms with Gasteiger partial charge in [-0.2, -0.15) is 19.5 Å². The van der Waals surface area contributed by atoms with Crippen LogP contribution >= 0.6 is 11.6 Å². The molecule has 1 saturated heterocycles. The fourth-order valence-corrected chi connectivity index (χ4v) is 6.99. The second-order valence-electron chi connectivity index (χ2n) is 9.26. The highest BCUT2D eigenvalue weighted by atomic mass is 35.5. The summed E-state index contributed by atoms with van der Waals surface area (Å²) in [5, 5.41) is 11.4. The van der Waals surface area contributed by atoms with E-state index in [4.69, 9.17) is 26.3 Å². The summed E-state index contributed by atoms with van der Waals surface area (Å²) in [6.45, 7) is 1.07. The number of rotatable bonds is 6. The molecule has 36 heavy (non-hydrogen) atoms. The minimum Gasteiger partial charge on any atom is -0.467 e. The molecule has 2 atom stereocenters. The van der Waals surface area contributed by atoms with Gasteiger partial charge in [0.15, 0.2) is 0 Å². The van der Waals surface area contributed by atoms with Gasteiger partial charge in [0.05, 0.1) is 31.3 Å². The summed E-state index contributed by atoms with van der Waals surface area (Å²) in [6.07, 6.45) is 2.63. The standard InChI is InChI=1S/C26H28ClN5O3S/c1-35-26-29-24-15-19(22-8-4-6-18-5-2-3-7-21(18)22)9-10-23(24)25(30-26)31-13-14-32(36(33,34)17-27)20(16-31)11-12-28/h2-8,19-20H,9-11,13-17H2,1H3/t19?,20-/m0/s1. The Morgan fingerprint density at radius 1 is 1.17 bits per heavy atom. The molecule has 188 valence electrons. The zero-order valence-corrected chi connectivity index (χ0v) is 21.7. The van der Waals surface area contributed by atoms with Gasteiger partial charge < -0.3 is 9.64 Å². The molecular weight excluding hydrogens is 498 g/mol. The van der Waals surface area contributed by atoms with E-state index in [1.807, 2.05) is 0 Å². The van der Waals surface area contributed by atoms with Gasteiger partial charge in [0, 0.05) is 25.2 Å². The van der Waals surface area contributed by atoms with E-state index in [1.54, 1.807) is 7.11 Å². The lowest BCUT2D eigenvalue weighted by molar-refractivity contribution is 0.292. The number of halogens is 1. The maximum absolute atomic E-state index is 12.5. The van der Waals surface area contributed by atoms with E-state index in [-0.39, 0.29) is 13.0 Å². The van der Waals surface area contributed by atoms with E-state index in [0.29, 0.717) is 25.0 Å². The predicted molar refractivity (Wildman–Crippen MR) is 140 cm³/mol. The summed E-state index contributed by atoms with van der Waals surface area (Å²) in [5.74, 6) is 1.10. The van der Waals surface area contributed by atoms with E-state index in [2.05, 4.69) is 53.4 Å². The second-order valence-corrected chi connectivity index (χ2v) is 11.8. The molecule has 0 radical (unpaired) electrons. The van der Waals surface area contributed by atoms with Gasteiger partial charge in [-0.25, -0.2) is 8.42 Å². The number of ether oxygens (including phenoxy) is 1. The molecule has 1 aliphatic carbocycles. The lowest BCUT2D eigenvalue weighted by atomic mass is 9.80. The Labute approximate surface area is 216 Å². The molecule has 2 aromatic carbocycles. The van der Waals surface area contributed by atoms with Crippen LogP contribution in [0.2, 0.25) is 0 Å². The van der Waals surface area contributed by atoms with Crippen molar-refractivity contribution >= 4 is 38.2 Å². The Hall–Kier alpha value is -2.93. The Morgan fingerprint density at radius 3 is 2.75 bits per heavy atom. The highest BCUT2D eigenvalue weighted by molar-refractivity contribution is 7.90. The van der Waals surface area contributed by atoms with Crippen molar-refractivity contribution in [3.8, 4) is 12.1 Å². The normalized spacial score (nSPS) is 20.6. The van der Waals surface area contributed by atoms with E-state index in [1.165, 1.54) is 20.6 Å². The van der Waals surface area contributed by atoms with E-state index < -0.39 is 21.3 Å². The van der Waals surface area contributed by atoms with Crippen LogP contribution in [0.3, 0.4) is 0 Å². The molecule has 0 amide bonds. The van der Waals surface area contributed by atoms with Gasteiger partial charge in [0.2, 0.25) is 10.0 Å². The fraction of sp³-hybridized carbons (Fsp3) is 0.423. The minimum absolute atomic E-state index is 0.0835. The summed E-state index contributed by atoms with van der Waals surface area (Å²) >= 11 is 5.72. The topological polar surface area (TPSA) is 99.4 Å². The third-order valence-corrected chi connectivity index (χ3v) is 9.53. The SMILES string of the molecule is COc1nc2c(c(N3CCN(S(=O)(=O)CCl)[C@@H](CC#N)C3)n1)CCC(c1cccc3ccccc13)C2. The molecule has 0 bridgehead atoms. The zero-order chi connectivity index (χ0) is 25.3. The zero-order valence-electron chi connectivity index (χ0n) is 20.1. The Balaban J connectivity index is 1.47. The summed E-state index contributed by atoms with van der Waals surface area (Å²) in [4.78, 5) is 11.5. The van der Waals surface area contributed by atoms with Crippen molar-refractivity contribution in [2.75, 3.05) is 36.9 Å². The molecule has 2 aliphatic rings. The molecule has 0 spiro atoms. The fourth-order valence-electron chi connectivity index (χ4n) is 5.53. The van der Waals surface area contributed by atoms with Crippen molar-refractivity contribution in [2.45, 2.75) is 37.6 Å². The molecular formula is C26H28ClN5O3S. The van der Waals surface area contributed by atoms with Crippen molar-refractivity contribution in [2.24, 2.45) is 0 Å². The number of hydrogen-bond donors (Lipinski definition) is 0. The first kappa shape index (κ1) is 24.8. The number of aromatic nitrogens is 2. The van der Waals surface area contributed by atoms with Crippen LogP contribution in [0, 0.1) is 11.3 Å². The largest absolute Gasteiger partial charge is 0.467 e. The number of piperazine rings is 1. The van der Waals surface area contributed by atoms with E-state index >= 15 is 0 Å². The van der Waals surface area contributed by atoms with Gasteiger partial charge in [-0.05, 0) is 41.5 Å². The van der Waals surface area contributed by atoms with Crippen LogP contribution in [0.1, 0.15) is 35.6 Å². The van der Waals surface area contributed by atoms with Gasteiger partial charge >= 0.3 is 6.01 Å². The summed E-state index contributed by atoms with van der Waals surface area (Å²) in [6, 6.07) is 16.9. The van der Waals surface area contributed by atoms with E-state index in [0.717, 1.165) is 36.3 Å². The maximum atomic E-state index is 12.5. The first-order valence-corrected chi connectivity index (χ1v) is 14.2. The van der Waals surface area contributed by atoms with Crippen LogP contribution in [0.15, 0.2) is 42.5 Å². The highest BCUT2D eigenvalue weighted by Gasteiger charge is 2.37. The number of methoxy groups -OCH3 is 1. The molecule has 2 heterocycles. The Bertz CT molecular complexity index is 1420. The first-order chi connectivity index (χ1) is 17.4. The predicted octanol–water partition coefficient (Wildman–Crippen LogP) is 3.84. The molecule has 0 saturated carbocycles. The van der Waals surface area contributed by atoms with Gasteiger partial charge in [0.25, 0.3) is 0 Å². The summed E-state index contributed by atoms with van der Waals surface area (Å²) in [5.41, 5.74) is 3.37. The molecule has 5 rings (SSSR count). The van der Waals surface area contributed by atoms with Crippen LogP contribution in [-0.2, 0) is 22.9 Å². The highest BCUT2D eigenvalue weighted by Crippen LogP contribution is 2.39. The molecule has 1 unspecified atom stereocenters. The quantitative estimate of drug-likeness (QED) is 0.451. The molecule has 1 aliphatic heterocycles. The van der Waals surface area contributed by atoms with Crippen molar-refractivity contribution in [1.82, 2.24) is 14.3 Å². The maximum Gasteiger partial charge on any atom is 0.318 e. The monoisotopic (exact) mass is 525 g/mol. The van der Waals surface area contributed by atoms with Crippen LogP contribution in [0.25, 0.3) is 10.8 Å². The summed E-state index contributed by atoms with van der Waals surface area (Å²) < 4.78 is 31.8. The molecule has 0 N–H and O–H groups in total. The molecule has 3 aromatic rings. The number of anilines is 1. The van der Waals surface area contributed by atoms with Crippen molar-refractivity contribution < 1.29 is 13.2 Å². The number of fused-ring (bicyclic) bond motifs is 2. The van der Waals surface area contributed by atoms with Gasteiger partial charge in [-0.3, -0.25) is 0 Å². The number of alkyl halides is 1. The molecule has 1 fully saturated rings. The third-order valence-electron chi connectivity index (χ3n) is 7.23. The summed E-state index contributed by atoms with van der Waals surface area (Å²) in [7, 11) is -2.07. The smallest absolute Gasteiger partial charge is 0.318 e. The molecule has 1 aromatic heterocycles. The van der Waals surface area contributed by atoms with Crippen LogP contribution < -0.4 is 9.64 Å². The van der Waals surface area contributed by atoms with Crippen LogP contribution in [0.5, 0.6) is 6.01 Å². The number of hydrogen-bond acceptors (Lipinski definition) is 7. The van der Waals surface area contributed by atoms with Gasteiger partial charge in [0.1, 0.15) is 11.0 Å². The van der Waals surface area contributed by atoms with Gasteiger partial charge in [-0.1, -0.05) is 42.5 Å². The Morgan fingerprint density at radius 2 is 1.97 bits per heavy atom. The number of benzene rings is 2. The van der Waals surface area contributed by atoms with Crippen molar-refractivity contribution in [1.29, 1.82) is 5.26 Å². The van der Waals surface area contributed by atoms with Crippen LogP contribution in [-0.4, -0.2) is 60.7 Å². The van der Waals surface area contributed by atoms with E-state index in [9.17, 15) is 13.7 Å². The number of nitriles is 1. The van der Waals surface area contributed by atoms with Crippen molar-refractivity contribution in [3.63, 3.8) is 0 Å². The molecule has 8 nitrogen and oxygen atoms in total. The first-order valence-electron chi connectivity index (χ1n) is 12.0. The average Bonchev–Trinajstić information content (AvgIpc) is 2.91. The lowest BCUT2D eigenvalue weighted by Gasteiger charge is -2.41. The van der Waals surface area contributed by atoms with Crippen LogP contribution in [0.4, 0.5) is 5.82 Å². The van der Waals surface area contributed by atoms with Crippen molar-refractivity contribution in [3.05, 3.63) is 59.3 Å². The minimum atomic E-state index is -3.62. The van der Waals surface area contributed by atoms with Gasteiger partial charge in [-0.15, -0.1) is 11.6 Å². The lowest BCUT2D eigenvalue weighted by Crippen LogP contribution is -2.55. The Kier molecular flexibility index (Phi) is 7.02. The second kappa shape index (κ2) is 10.2.